The van der Waals surface area contributed by atoms with Gasteiger partial charge in [-0.2, -0.15) is 0 Å². The van der Waals surface area contributed by atoms with Crippen LogP contribution in [0, 0.1) is 5.41 Å². The van der Waals surface area contributed by atoms with Gasteiger partial charge >= 0.3 is 0 Å². The highest BCUT2D eigenvalue weighted by atomic mass is 16.2. The number of rotatable bonds is 5. The van der Waals surface area contributed by atoms with E-state index in [0.717, 1.165) is 6.54 Å². The summed E-state index contributed by atoms with van der Waals surface area (Å²) >= 11 is 0. The van der Waals surface area contributed by atoms with Gasteiger partial charge in [-0.15, -0.1) is 0 Å². The number of carbonyl (C=O) groups excluding carboxylic acids is 1. The van der Waals surface area contributed by atoms with Crippen LogP contribution >= 0.6 is 0 Å². The average Bonchev–Trinajstić information content (AvgIpc) is 2.97. The Morgan fingerprint density at radius 3 is 2.38 bits per heavy atom. The summed E-state index contributed by atoms with van der Waals surface area (Å²) in [6.45, 7) is 12.1. The van der Waals surface area contributed by atoms with Gasteiger partial charge in [0.1, 0.15) is 0 Å². The average molecular weight is 226 g/mol. The van der Waals surface area contributed by atoms with Crippen LogP contribution in [-0.2, 0) is 4.79 Å². The van der Waals surface area contributed by atoms with E-state index >= 15 is 0 Å². The molecular weight excluding hydrogens is 200 g/mol. The molecule has 94 valence electrons. The summed E-state index contributed by atoms with van der Waals surface area (Å²) in [5.74, 6) is 0.251. The van der Waals surface area contributed by atoms with Crippen molar-refractivity contribution in [3.63, 3.8) is 0 Å². The second-order valence-electron chi connectivity index (χ2n) is 5.88. The normalized spacial score (nSPS) is 18.3. The van der Waals surface area contributed by atoms with Crippen molar-refractivity contribution in [1.82, 2.24) is 10.2 Å². The van der Waals surface area contributed by atoms with E-state index in [-0.39, 0.29) is 11.3 Å². The molecule has 0 heterocycles. The molecule has 1 atom stereocenters. The lowest BCUT2D eigenvalue weighted by molar-refractivity contribution is -0.130. The summed E-state index contributed by atoms with van der Waals surface area (Å²) in [6, 6.07) is 0.888. The number of likely N-dealkylation sites (N-methyl/N-ethyl adjacent to an activating group) is 1. The molecule has 0 aliphatic heterocycles. The molecule has 1 rings (SSSR count). The van der Waals surface area contributed by atoms with E-state index in [4.69, 9.17) is 0 Å². The Morgan fingerprint density at radius 2 is 2.00 bits per heavy atom. The maximum absolute atomic E-state index is 12.0. The Bertz CT molecular complexity index is 241. The molecule has 0 bridgehead atoms. The Labute approximate surface area is 99.6 Å². The lowest BCUT2D eigenvalue weighted by Gasteiger charge is -2.29. The predicted octanol–water partition coefficient (Wildman–Crippen LogP) is 2.02. The van der Waals surface area contributed by atoms with Crippen LogP contribution in [0.15, 0.2) is 0 Å². The maximum atomic E-state index is 12.0. The van der Waals surface area contributed by atoms with Crippen LogP contribution in [0.4, 0.5) is 0 Å². The molecular formula is C13H26N2O. The Morgan fingerprint density at radius 1 is 1.44 bits per heavy atom. The van der Waals surface area contributed by atoms with Crippen LogP contribution in [0.1, 0.15) is 47.5 Å². The molecule has 16 heavy (non-hydrogen) atoms. The quantitative estimate of drug-likeness (QED) is 0.778. The van der Waals surface area contributed by atoms with E-state index in [0.29, 0.717) is 18.6 Å². The summed E-state index contributed by atoms with van der Waals surface area (Å²) < 4.78 is 0. The molecule has 1 aliphatic carbocycles. The minimum absolute atomic E-state index is 0.205. The van der Waals surface area contributed by atoms with Crippen molar-refractivity contribution in [2.45, 2.75) is 59.5 Å². The number of hydrogen-bond acceptors (Lipinski definition) is 2. The fourth-order valence-electron chi connectivity index (χ4n) is 1.67. The van der Waals surface area contributed by atoms with Gasteiger partial charge in [-0.1, -0.05) is 20.8 Å². The summed E-state index contributed by atoms with van der Waals surface area (Å²) in [5.41, 5.74) is 0.205. The lowest BCUT2D eigenvalue weighted by atomic mass is 9.88. The molecule has 1 fully saturated rings. The smallest absolute Gasteiger partial charge is 0.236 e. The SMILES string of the molecule is CCN(C(=O)CNC(C)C(C)(C)C)C1CC1. The van der Waals surface area contributed by atoms with Crippen molar-refractivity contribution in [2.24, 2.45) is 5.41 Å². The predicted molar refractivity (Wildman–Crippen MR) is 67.3 cm³/mol. The third kappa shape index (κ3) is 3.78. The van der Waals surface area contributed by atoms with E-state index in [9.17, 15) is 4.79 Å². The zero-order chi connectivity index (χ0) is 12.3. The molecule has 3 nitrogen and oxygen atoms in total. The van der Waals surface area contributed by atoms with Crippen LogP contribution < -0.4 is 5.32 Å². The number of amides is 1. The fraction of sp³-hybridized carbons (Fsp3) is 0.923. The molecule has 0 radical (unpaired) electrons. The molecule has 1 amide bonds. The molecule has 3 heteroatoms. The minimum atomic E-state index is 0.205. The number of carbonyl (C=O) groups is 1. The van der Waals surface area contributed by atoms with E-state index in [2.05, 4.69) is 39.9 Å². The van der Waals surface area contributed by atoms with Gasteiger partial charge < -0.3 is 10.2 Å². The van der Waals surface area contributed by atoms with Crippen molar-refractivity contribution in [3.05, 3.63) is 0 Å². The van der Waals surface area contributed by atoms with Gasteiger partial charge in [-0.25, -0.2) is 0 Å². The molecule has 1 aliphatic rings. The van der Waals surface area contributed by atoms with Crippen molar-refractivity contribution >= 4 is 5.91 Å². The first-order valence-electron chi connectivity index (χ1n) is 6.39. The topological polar surface area (TPSA) is 32.3 Å². The Kier molecular flexibility index (Phi) is 4.36. The first kappa shape index (κ1) is 13.5. The van der Waals surface area contributed by atoms with Gasteiger partial charge in [0, 0.05) is 18.6 Å². The largest absolute Gasteiger partial charge is 0.339 e. The first-order valence-corrected chi connectivity index (χ1v) is 6.39. The summed E-state index contributed by atoms with van der Waals surface area (Å²) in [7, 11) is 0. The van der Waals surface area contributed by atoms with Crippen molar-refractivity contribution in [1.29, 1.82) is 0 Å². The number of hydrogen-bond donors (Lipinski definition) is 1. The minimum Gasteiger partial charge on any atom is -0.339 e. The molecule has 0 spiro atoms. The second-order valence-corrected chi connectivity index (χ2v) is 5.88. The van der Waals surface area contributed by atoms with E-state index in [1.54, 1.807) is 0 Å². The van der Waals surface area contributed by atoms with Crippen LogP contribution in [0.3, 0.4) is 0 Å². The first-order chi connectivity index (χ1) is 7.36. The van der Waals surface area contributed by atoms with Crippen molar-refractivity contribution < 1.29 is 4.79 Å². The molecule has 0 aromatic heterocycles. The molecule has 1 N–H and O–H groups in total. The van der Waals surface area contributed by atoms with Crippen molar-refractivity contribution in [3.8, 4) is 0 Å². The molecule has 1 saturated carbocycles. The maximum Gasteiger partial charge on any atom is 0.236 e. The van der Waals surface area contributed by atoms with Gasteiger partial charge in [-0.3, -0.25) is 4.79 Å². The Hall–Kier alpha value is -0.570. The molecule has 1 unspecified atom stereocenters. The highest BCUT2D eigenvalue weighted by Crippen LogP contribution is 2.26. The number of nitrogens with one attached hydrogen (secondary N) is 1. The highest BCUT2D eigenvalue weighted by molar-refractivity contribution is 5.78. The van der Waals surface area contributed by atoms with Gasteiger partial charge in [0.15, 0.2) is 0 Å². The van der Waals surface area contributed by atoms with Gasteiger partial charge in [0.05, 0.1) is 6.54 Å². The third-order valence-corrected chi connectivity index (χ3v) is 3.51. The second kappa shape index (κ2) is 5.17. The standard InChI is InChI=1S/C13H26N2O/c1-6-15(11-7-8-11)12(16)9-14-10(2)13(3,4)5/h10-11,14H,6-9H2,1-5H3. The molecule has 0 aromatic carbocycles. The highest BCUT2D eigenvalue weighted by Gasteiger charge is 2.31. The van der Waals surface area contributed by atoms with Crippen LogP contribution in [-0.4, -0.2) is 36.0 Å². The molecule has 0 aromatic rings. The number of nitrogens with zero attached hydrogens (tertiary/aromatic N) is 1. The van der Waals surface area contributed by atoms with E-state index < -0.39 is 0 Å². The fourth-order valence-corrected chi connectivity index (χ4v) is 1.67. The monoisotopic (exact) mass is 226 g/mol. The third-order valence-electron chi connectivity index (χ3n) is 3.51. The Balaban J connectivity index is 2.34. The lowest BCUT2D eigenvalue weighted by Crippen LogP contribution is -2.45. The van der Waals surface area contributed by atoms with Gasteiger partial charge in [0.2, 0.25) is 5.91 Å². The van der Waals surface area contributed by atoms with Gasteiger partial charge in [-0.05, 0) is 32.1 Å². The van der Waals surface area contributed by atoms with Crippen LogP contribution in [0.25, 0.3) is 0 Å². The van der Waals surface area contributed by atoms with Crippen LogP contribution in [0.2, 0.25) is 0 Å². The summed E-state index contributed by atoms with van der Waals surface area (Å²) in [5, 5.41) is 3.33. The van der Waals surface area contributed by atoms with Crippen molar-refractivity contribution in [2.75, 3.05) is 13.1 Å². The zero-order valence-electron chi connectivity index (χ0n) is 11.3. The molecule has 0 saturated heterocycles. The van der Waals surface area contributed by atoms with Crippen LogP contribution in [0.5, 0.6) is 0 Å². The zero-order valence-corrected chi connectivity index (χ0v) is 11.3. The summed E-state index contributed by atoms with van der Waals surface area (Å²) in [4.78, 5) is 14.0. The van der Waals surface area contributed by atoms with E-state index in [1.807, 2.05) is 4.90 Å². The summed E-state index contributed by atoms with van der Waals surface area (Å²) in [6.07, 6.45) is 2.38. The van der Waals surface area contributed by atoms with Gasteiger partial charge in [0.25, 0.3) is 0 Å². The van der Waals surface area contributed by atoms with E-state index in [1.165, 1.54) is 12.8 Å².